The number of amides is 1. The number of nitrogens with zero attached hydrogens (tertiary/aromatic N) is 1. The Labute approximate surface area is 165 Å². The Morgan fingerprint density at radius 1 is 1.10 bits per heavy atom. The molecule has 29 heavy (non-hydrogen) atoms. The van der Waals surface area contributed by atoms with E-state index in [0.717, 1.165) is 12.0 Å². The van der Waals surface area contributed by atoms with Gasteiger partial charge in [-0.05, 0) is 48.4 Å². The monoisotopic (exact) mass is 410 g/mol. The van der Waals surface area contributed by atoms with Gasteiger partial charge < -0.3 is 24.8 Å². The quantitative estimate of drug-likeness (QED) is 0.734. The summed E-state index contributed by atoms with van der Waals surface area (Å²) in [6.45, 7) is 0.902. The van der Waals surface area contributed by atoms with Gasteiger partial charge in [0.15, 0.2) is 6.61 Å². The van der Waals surface area contributed by atoms with Gasteiger partial charge in [-0.1, -0.05) is 12.1 Å². The zero-order valence-electron chi connectivity index (χ0n) is 15.5. The van der Waals surface area contributed by atoms with Crippen molar-refractivity contribution in [3.8, 4) is 11.5 Å². The maximum atomic E-state index is 12.3. The number of ether oxygens (including phenoxy) is 2. The number of aliphatic hydroxyl groups excluding tert-OH is 1. The lowest BCUT2D eigenvalue weighted by Gasteiger charge is -2.18. The Kier molecular flexibility index (Phi) is 6.48. The number of aliphatic hydroxyl groups is 1. The lowest BCUT2D eigenvalue weighted by Crippen LogP contribution is -2.35. The van der Waals surface area contributed by atoms with Gasteiger partial charge in [-0.2, -0.15) is 0 Å². The van der Waals surface area contributed by atoms with E-state index < -0.39 is 6.36 Å². The smallest absolute Gasteiger partial charge is 0.484 e. The first-order valence-corrected chi connectivity index (χ1v) is 9.05. The minimum atomic E-state index is -4.72. The summed E-state index contributed by atoms with van der Waals surface area (Å²) in [6, 6.07) is 12.3. The van der Waals surface area contributed by atoms with Gasteiger partial charge in [0.2, 0.25) is 0 Å². The molecule has 2 N–H and O–H groups in total. The number of benzene rings is 2. The molecule has 2 aromatic rings. The topological polar surface area (TPSA) is 71.0 Å². The first-order valence-electron chi connectivity index (χ1n) is 9.05. The van der Waals surface area contributed by atoms with Gasteiger partial charge >= 0.3 is 6.36 Å². The molecule has 1 aliphatic heterocycles. The number of likely N-dealkylation sites (tertiary alicyclic amines) is 1. The van der Waals surface area contributed by atoms with Crippen LogP contribution in [0.5, 0.6) is 11.5 Å². The molecule has 1 aliphatic rings. The summed E-state index contributed by atoms with van der Waals surface area (Å²) in [5, 5.41) is 12.2. The normalized spacial score (nSPS) is 16.6. The molecule has 6 nitrogen and oxygen atoms in total. The van der Waals surface area contributed by atoms with Crippen molar-refractivity contribution < 1.29 is 32.5 Å². The first kappa shape index (κ1) is 20.8. The van der Waals surface area contributed by atoms with Crippen molar-refractivity contribution >= 4 is 11.6 Å². The molecular formula is C20H21F3N2O4. The molecule has 0 bridgehead atoms. The third kappa shape index (κ3) is 6.28. The van der Waals surface area contributed by atoms with E-state index in [-0.39, 0.29) is 30.9 Å². The van der Waals surface area contributed by atoms with Gasteiger partial charge in [-0.15, -0.1) is 13.2 Å². The van der Waals surface area contributed by atoms with Crippen molar-refractivity contribution in [2.24, 2.45) is 0 Å². The summed E-state index contributed by atoms with van der Waals surface area (Å²) >= 11 is 0. The van der Waals surface area contributed by atoms with Crippen LogP contribution < -0.4 is 14.8 Å². The molecule has 156 valence electrons. The highest BCUT2D eigenvalue weighted by molar-refractivity contribution is 5.78. The average molecular weight is 410 g/mol. The van der Waals surface area contributed by atoms with E-state index in [1.807, 2.05) is 0 Å². The zero-order valence-corrected chi connectivity index (χ0v) is 15.5. The van der Waals surface area contributed by atoms with E-state index in [1.165, 1.54) is 24.3 Å². The Bertz CT molecular complexity index is 810. The molecular weight excluding hydrogens is 389 g/mol. The predicted molar refractivity (Wildman–Crippen MR) is 99.6 cm³/mol. The number of hydrogen-bond acceptors (Lipinski definition) is 5. The number of nitrogens with one attached hydrogen (secondary N) is 1. The van der Waals surface area contributed by atoms with Crippen molar-refractivity contribution in [3.63, 3.8) is 0 Å². The molecule has 0 spiro atoms. The lowest BCUT2D eigenvalue weighted by atomic mass is 10.2. The highest BCUT2D eigenvalue weighted by Crippen LogP contribution is 2.25. The van der Waals surface area contributed by atoms with Crippen LogP contribution in [0.3, 0.4) is 0 Å². The van der Waals surface area contributed by atoms with Crippen LogP contribution in [0, 0.1) is 0 Å². The average Bonchev–Trinajstić information content (AvgIpc) is 3.15. The molecule has 9 heteroatoms. The van der Waals surface area contributed by atoms with Crippen LogP contribution in [-0.4, -0.2) is 48.0 Å². The molecule has 1 unspecified atom stereocenters. The van der Waals surface area contributed by atoms with Crippen molar-refractivity contribution in [2.75, 3.05) is 25.0 Å². The largest absolute Gasteiger partial charge is 0.573 e. The van der Waals surface area contributed by atoms with Crippen LogP contribution in [0.1, 0.15) is 12.0 Å². The third-order valence-electron chi connectivity index (χ3n) is 4.47. The van der Waals surface area contributed by atoms with Gasteiger partial charge in [0, 0.05) is 24.8 Å². The summed E-state index contributed by atoms with van der Waals surface area (Å²) in [5.74, 6) is 0.121. The standard InChI is InChI=1S/C20H21F3N2O4/c21-20(22,23)29-18-7-3-15(4-8-18)24-16-9-10-25(11-16)19(27)13-28-17-5-1-14(12-26)2-6-17/h1-8,16,24,26H,9-13H2. The molecule has 1 saturated heterocycles. The minimum absolute atomic E-state index is 0.00262. The summed E-state index contributed by atoms with van der Waals surface area (Å²) < 4.78 is 45.9. The number of alkyl halides is 3. The molecule has 2 aromatic carbocycles. The van der Waals surface area contributed by atoms with Gasteiger partial charge in [0.1, 0.15) is 11.5 Å². The number of anilines is 1. The summed E-state index contributed by atoms with van der Waals surface area (Å²) in [6.07, 6.45) is -4.00. The van der Waals surface area contributed by atoms with E-state index in [9.17, 15) is 18.0 Å². The first-order chi connectivity index (χ1) is 13.8. The second kappa shape index (κ2) is 9.04. The molecule has 1 atom stereocenters. The van der Waals surface area contributed by atoms with Crippen molar-refractivity contribution in [1.82, 2.24) is 4.90 Å². The maximum absolute atomic E-state index is 12.3. The fourth-order valence-corrected chi connectivity index (χ4v) is 3.02. The highest BCUT2D eigenvalue weighted by atomic mass is 19.4. The van der Waals surface area contributed by atoms with Crippen LogP contribution in [0.15, 0.2) is 48.5 Å². The Morgan fingerprint density at radius 2 is 1.76 bits per heavy atom. The summed E-state index contributed by atoms with van der Waals surface area (Å²) in [7, 11) is 0. The fraction of sp³-hybridized carbons (Fsp3) is 0.350. The minimum Gasteiger partial charge on any atom is -0.484 e. The number of hydrogen-bond donors (Lipinski definition) is 2. The van der Waals surface area contributed by atoms with Gasteiger partial charge in [0.05, 0.1) is 6.61 Å². The molecule has 0 aliphatic carbocycles. The Morgan fingerprint density at radius 3 is 2.38 bits per heavy atom. The van der Waals surface area contributed by atoms with Crippen LogP contribution in [0.4, 0.5) is 18.9 Å². The van der Waals surface area contributed by atoms with Crippen molar-refractivity contribution in [1.29, 1.82) is 0 Å². The van der Waals surface area contributed by atoms with Crippen LogP contribution in [-0.2, 0) is 11.4 Å². The van der Waals surface area contributed by atoms with Gasteiger partial charge in [-0.3, -0.25) is 4.79 Å². The maximum Gasteiger partial charge on any atom is 0.573 e. The van der Waals surface area contributed by atoms with E-state index in [2.05, 4.69) is 10.1 Å². The van der Waals surface area contributed by atoms with Crippen LogP contribution >= 0.6 is 0 Å². The van der Waals surface area contributed by atoms with E-state index in [1.54, 1.807) is 29.2 Å². The summed E-state index contributed by atoms with van der Waals surface area (Å²) in [5.41, 5.74) is 1.41. The van der Waals surface area contributed by atoms with E-state index in [4.69, 9.17) is 9.84 Å². The van der Waals surface area contributed by atoms with E-state index in [0.29, 0.717) is 24.5 Å². The molecule has 0 saturated carbocycles. The van der Waals surface area contributed by atoms with Crippen molar-refractivity contribution in [2.45, 2.75) is 25.4 Å². The second-order valence-electron chi connectivity index (χ2n) is 6.63. The number of rotatable bonds is 7. The second-order valence-corrected chi connectivity index (χ2v) is 6.63. The summed E-state index contributed by atoms with van der Waals surface area (Å²) in [4.78, 5) is 14.0. The number of carbonyl (C=O) groups is 1. The predicted octanol–water partition coefficient (Wildman–Crippen LogP) is 3.17. The molecule has 1 amide bonds. The number of halogens is 3. The lowest BCUT2D eigenvalue weighted by molar-refractivity contribution is -0.274. The number of carbonyl (C=O) groups excluding carboxylic acids is 1. The van der Waals surface area contributed by atoms with Crippen LogP contribution in [0.25, 0.3) is 0 Å². The fourth-order valence-electron chi connectivity index (χ4n) is 3.02. The SMILES string of the molecule is O=C(COc1ccc(CO)cc1)N1CCC(Nc2ccc(OC(F)(F)F)cc2)C1. The third-order valence-corrected chi connectivity index (χ3v) is 4.47. The Balaban J connectivity index is 1.44. The molecule has 3 rings (SSSR count). The Hall–Kier alpha value is -2.94. The van der Waals surface area contributed by atoms with Crippen LogP contribution in [0.2, 0.25) is 0 Å². The van der Waals surface area contributed by atoms with Crippen molar-refractivity contribution in [3.05, 3.63) is 54.1 Å². The van der Waals surface area contributed by atoms with Gasteiger partial charge in [-0.25, -0.2) is 0 Å². The molecule has 1 fully saturated rings. The van der Waals surface area contributed by atoms with Gasteiger partial charge in [0.25, 0.3) is 5.91 Å². The molecule has 0 radical (unpaired) electrons. The molecule has 1 heterocycles. The zero-order chi connectivity index (χ0) is 20.9. The highest BCUT2D eigenvalue weighted by Gasteiger charge is 2.31. The van der Waals surface area contributed by atoms with E-state index >= 15 is 0 Å². The molecule has 0 aromatic heterocycles.